The molecule has 0 spiro atoms. The van der Waals surface area contributed by atoms with Gasteiger partial charge >= 0.3 is 0 Å². The van der Waals surface area contributed by atoms with E-state index in [4.69, 9.17) is 10.5 Å². The van der Waals surface area contributed by atoms with Crippen molar-refractivity contribution in [3.8, 4) is 0 Å². The first kappa shape index (κ1) is 13.6. The number of benzene rings is 1. The summed E-state index contributed by atoms with van der Waals surface area (Å²) in [6.07, 6.45) is 2.27. The largest absolute Gasteiger partial charge is 0.380 e. The van der Waals surface area contributed by atoms with Gasteiger partial charge in [0.05, 0.1) is 6.61 Å². The highest BCUT2D eigenvalue weighted by molar-refractivity contribution is 5.95. The second-order valence-corrected chi connectivity index (χ2v) is 5.97. The maximum Gasteiger partial charge on any atom is 0.254 e. The Bertz CT molecular complexity index is 503. The van der Waals surface area contributed by atoms with Gasteiger partial charge in [0.15, 0.2) is 0 Å². The predicted molar refractivity (Wildman–Crippen MR) is 77.2 cm³/mol. The molecule has 1 saturated heterocycles. The van der Waals surface area contributed by atoms with Crippen molar-refractivity contribution in [2.24, 2.45) is 17.6 Å². The number of amides is 1. The molecule has 0 radical (unpaired) electrons. The zero-order valence-corrected chi connectivity index (χ0v) is 11.9. The lowest BCUT2D eigenvalue weighted by molar-refractivity contribution is 0.0774. The molecule has 2 N–H and O–H groups in total. The molecule has 108 valence electrons. The van der Waals surface area contributed by atoms with Gasteiger partial charge in [-0.05, 0) is 36.3 Å². The topological polar surface area (TPSA) is 55.6 Å². The van der Waals surface area contributed by atoms with E-state index in [9.17, 15) is 4.79 Å². The van der Waals surface area contributed by atoms with Crippen LogP contribution in [0.5, 0.6) is 0 Å². The van der Waals surface area contributed by atoms with Gasteiger partial charge in [-0.1, -0.05) is 18.2 Å². The Labute approximate surface area is 119 Å². The van der Waals surface area contributed by atoms with Gasteiger partial charge in [0.2, 0.25) is 0 Å². The van der Waals surface area contributed by atoms with Crippen LogP contribution in [0.25, 0.3) is 0 Å². The second kappa shape index (κ2) is 5.54. The molecule has 1 amide bonds. The summed E-state index contributed by atoms with van der Waals surface area (Å²) in [6, 6.07) is 7.98. The first-order valence-corrected chi connectivity index (χ1v) is 7.32. The van der Waals surface area contributed by atoms with Crippen LogP contribution in [0.15, 0.2) is 24.3 Å². The van der Waals surface area contributed by atoms with Gasteiger partial charge in [-0.2, -0.15) is 0 Å². The number of fused-ring (bicyclic) bond motifs is 1. The Hall–Kier alpha value is -1.39. The molecule has 3 unspecified atom stereocenters. The highest BCUT2D eigenvalue weighted by Gasteiger charge is 2.42. The summed E-state index contributed by atoms with van der Waals surface area (Å²) in [7, 11) is 1.65. The third kappa shape index (κ3) is 2.34. The predicted octanol–water partition coefficient (Wildman–Crippen LogP) is 1.64. The molecule has 1 aromatic carbocycles. The number of methoxy groups -OCH3 is 1. The molecule has 1 aliphatic heterocycles. The van der Waals surface area contributed by atoms with Crippen LogP contribution >= 0.6 is 0 Å². The minimum absolute atomic E-state index is 0.124. The summed E-state index contributed by atoms with van der Waals surface area (Å²) in [4.78, 5) is 14.7. The number of hydrogen-bond acceptors (Lipinski definition) is 3. The van der Waals surface area contributed by atoms with Crippen LogP contribution in [0.4, 0.5) is 0 Å². The smallest absolute Gasteiger partial charge is 0.254 e. The maximum absolute atomic E-state index is 12.7. The van der Waals surface area contributed by atoms with Crippen LogP contribution in [-0.2, 0) is 11.3 Å². The summed E-state index contributed by atoms with van der Waals surface area (Å²) >= 11 is 0. The lowest BCUT2D eigenvalue weighted by Gasteiger charge is -2.20. The van der Waals surface area contributed by atoms with Crippen LogP contribution in [0.1, 0.15) is 28.8 Å². The van der Waals surface area contributed by atoms with Gasteiger partial charge in [0, 0.05) is 31.8 Å². The molecule has 1 aliphatic carbocycles. The Kier molecular flexibility index (Phi) is 3.76. The molecule has 0 bridgehead atoms. The molecule has 3 rings (SSSR count). The van der Waals surface area contributed by atoms with Gasteiger partial charge in [0.25, 0.3) is 5.91 Å². The zero-order chi connectivity index (χ0) is 14.1. The number of nitrogens with two attached hydrogens (primary N) is 1. The van der Waals surface area contributed by atoms with Gasteiger partial charge in [-0.3, -0.25) is 4.79 Å². The van der Waals surface area contributed by atoms with E-state index in [0.29, 0.717) is 18.4 Å². The molecule has 4 nitrogen and oxygen atoms in total. The molecule has 1 aromatic rings. The number of carbonyl (C=O) groups is 1. The fraction of sp³-hybridized carbons (Fsp3) is 0.562. The van der Waals surface area contributed by atoms with Crippen molar-refractivity contribution in [1.29, 1.82) is 0 Å². The van der Waals surface area contributed by atoms with E-state index in [1.807, 2.05) is 29.2 Å². The van der Waals surface area contributed by atoms with E-state index in [1.54, 1.807) is 7.11 Å². The summed E-state index contributed by atoms with van der Waals surface area (Å²) in [5.41, 5.74) is 7.87. The van der Waals surface area contributed by atoms with Crippen LogP contribution in [0.3, 0.4) is 0 Å². The van der Waals surface area contributed by atoms with Crippen LogP contribution in [-0.4, -0.2) is 37.0 Å². The molecular weight excluding hydrogens is 252 g/mol. The third-order valence-corrected chi connectivity index (χ3v) is 4.75. The summed E-state index contributed by atoms with van der Waals surface area (Å²) in [5, 5.41) is 0. The molecule has 3 atom stereocenters. The molecular formula is C16H22N2O2. The highest BCUT2D eigenvalue weighted by Crippen LogP contribution is 2.37. The van der Waals surface area contributed by atoms with Crippen LogP contribution in [0.2, 0.25) is 0 Å². The van der Waals surface area contributed by atoms with E-state index in [1.165, 1.54) is 0 Å². The summed E-state index contributed by atoms with van der Waals surface area (Å²) in [6.45, 7) is 2.15. The Morgan fingerprint density at radius 3 is 2.90 bits per heavy atom. The first-order valence-electron chi connectivity index (χ1n) is 7.32. The van der Waals surface area contributed by atoms with Gasteiger partial charge in [0.1, 0.15) is 0 Å². The van der Waals surface area contributed by atoms with Crippen molar-refractivity contribution < 1.29 is 9.53 Å². The number of ether oxygens (including phenoxy) is 1. The molecule has 1 heterocycles. The molecule has 20 heavy (non-hydrogen) atoms. The lowest BCUT2D eigenvalue weighted by atomic mass is 9.98. The number of likely N-dealkylation sites (tertiary alicyclic amines) is 1. The average molecular weight is 274 g/mol. The average Bonchev–Trinajstić information content (AvgIpc) is 3.02. The minimum atomic E-state index is 0.124. The number of rotatable bonds is 3. The van der Waals surface area contributed by atoms with Crippen LogP contribution in [0, 0.1) is 11.8 Å². The van der Waals surface area contributed by atoms with Gasteiger partial charge < -0.3 is 15.4 Å². The van der Waals surface area contributed by atoms with Gasteiger partial charge in [-0.15, -0.1) is 0 Å². The quantitative estimate of drug-likeness (QED) is 0.911. The normalized spacial score (nSPS) is 28.7. The van der Waals surface area contributed by atoms with E-state index in [0.717, 1.165) is 37.1 Å². The second-order valence-electron chi connectivity index (χ2n) is 5.97. The van der Waals surface area contributed by atoms with Crippen LogP contribution < -0.4 is 5.73 Å². The number of carbonyl (C=O) groups excluding carboxylic acids is 1. The molecule has 0 aromatic heterocycles. The van der Waals surface area contributed by atoms with Crippen molar-refractivity contribution in [3.63, 3.8) is 0 Å². The fourth-order valence-corrected chi connectivity index (χ4v) is 3.65. The van der Waals surface area contributed by atoms with Gasteiger partial charge in [-0.25, -0.2) is 0 Å². The minimum Gasteiger partial charge on any atom is -0.380 e. The zero-order valence-electron chi connectivity index (χ0n) is 11.9. The summed E-state index contributed by atoms with van der Waals surface area (Å²) in [5.74, 6) is 1.22. The molecule has 1 saturated carbocycles. The van der Waals surface area contributed by atoms with E-state index < -0.39 is 0 Å². The van der Waals surface area contributed by atoms with Crippen molar-refractivity contribution in [2.45, 2.75) is 25.5 Å². The summed E-state index contributed by atoms with van der Waals surface area (Å²) < 4.78 is 5.18. The third-order valence-electron chi connectivity index (χ3n) is 4.75. The standard InChI is InChI=1S/C16H22N2O2/c1-20-10-12-4-2-3-5-13(12)16(19)18-8-11-6-7-15(17)14(11)9-18/h2-5,11,14-15H,6-10,17H2,1H3. The molecule has 4 heteroatoms. The van der Waals surface area contributed by atoms with E-state index in [2.05, 4.69) is 0 Å². The highest BCUT2D eigenvalue weighted by atomic mass is 16.5. The Morgan fingerprint density at radius 1 is 1.35 bits per heavy atom. The maximum atomic E-state index is 12.7. The monoisotopic (exact) mass is 274 g/mol. The molecule has 2 aliphatic rings. The van der Waals surface area contributed by atoms with Crippen molar-refractivity contribution in [2.75, 3.05) is 20.2 Å². The van der Waals surface area contributed by atoms with E-state index in [-0.39, 0.29) is 11.9 Å². The fourth-order valence-electron chi connectivity index (χ4n) is 3.65. The van der Waals surface area contributed by atoms with E-state index >= 15 is 0 Å². The van der Waals surface area contributed by atoms with Crippen molar-refractivity contribution in [3.05, 3.63) is 35.4 Å². The SMILES string of the molecule is COCc1ccccc1C(=O)N1CC2CCC(N)C2C1. The van der Waals surface area contributed by atoms with Crippen molar-refractivity contribution >= 4 is 5.91 Å². The Morgan fingerprint density at radius 2 is 2.15 bits per heavy atom. The number of nitrogens with zero attached hydrogens (tertiary/aromatic N) is 1. The van der Waals surface area contributed by atoms with Crippen molar-refractivity contribution in [1.82, 2.24) is 4.90 Å². The Balaban J connectivity index is 1.77. The lowest BCUT2D eigenvalue weighted by Crippen LogP contribution is -2.33. The molecule has 2 fully saturated rings. The number of hydrogen-bond donors (Lipinski definition) is 1. The first-order chi connectivity index (χ1) is 9.70.